The molecule has 4 amide bonds. The van der Waals surface area contributed by atoms with Gasteiger partial charge in [0.05, 0.1) is 25.4 Å². The lowest BCUT2D eigenvalue weighted by atomic mass is 10.0. The van der Waals surface area contributed by atoms with Crippen LogP contribution >= 0.6 is 0 Å². The quantitative estimate of drug-likeness (QED) is 0.455. The minimum Gasteiger partial charge on any atom is -0.497 e. The Labute approximate surface area is 252 Å². The minimum absolute atomic E-state index is 0.139. The monoisotopic (exact) mass is 588 g/mol. The van der Waals surface area contributed by atoms with Crippen LogP contribution in [-0.4, -0.2) is 89.1 Å². The number of benzene rings is 2. The topological polar surface area (TPSA) is 126 Å². The summed E-state index contributed by atoms with van der Waals surface area (Å²) in [7, 11) is 3.14. The number of amides is 4. The number of carbonyl (C=O) groups is 4. The van der Waals surface area contributed by atoms with Crippen LogP contribution in [0.3, 0.4) is 0 Å². The predicted octanol–water partition coefficient (Wildman–Crippen LogP) is 2.26. The summed E-state index contributed by atoms with van der Waals surface area (Å²) in [5.41, 5.74) is 2.37. The van der Waals surface area contributed by atoms with Gasteiger partial charge >= 0.3 is 0 Å². The number of nitrogens with zero attached hydrogens (tertiary/aromatic N) is 4. The molecule has 1 fully saturated rings. The molecule has 2 heterocycles. The molecule has 0 unspecified atom stereocenters. The van der Waals surface area contributed by atoms with E-state index in [-0.39, 0.29) is 36.5 Å². The molecule has 0 saturated carbocycles. The second kappa shape index (κ2) is 15.0. The summed E-state index contributed by atoms with van der Waals surface area (Å²) in [6, 6.07) is 15.5. The standard InChI is InChI=1S/C32H40N6O5/c1-23-30(40)33-16-8-18-37(31(41)26-20-34-38(22-26)21-25-9-5-4-6-10-25)17-7-11-29(39)35-28(32(42)36(23)2)19-24-12-14-27(43-3)15-13-24/h4-6,9-10,12-15,20,22-23,28H,7-8,11,16-19,21H2,1-3H3,(H,33,40)(H,35,39)/t23-,28-/m0/s1. The molecule has 1 aliphatic rings. The van der Waals surface area contributed by atoms with E-state index in [9.17, 15) is 19.2 Å². The molecule has 11 nitrogen and oxygen atoms in total. The number of methoxy groups -OCH3 is 1. The molecule has 1 aromatic heterocycles. The fraction of sp³-hybridized carbons (Fsp3) is 0.406. The molecule has 0 aliphatic carbocycles. The van der Waals surface area contributed by atoms with Crippen molar-refractivity contribution in [3.63, 3.8) is 0 Å². The van der Waals surface area contributed by atoms with Crippen molar-refractivity contribution in [2.75, 3.05) is 33.8 Å². The Morgan fingerprint density at radius 1 is 1.00 bits per heavy atom. The molecule has 0 spiro atoms. The predicted molar refractivity (Wildman–Crippen MR) is 161 cm³/mol. The van der Waals surface area contributed by atoms with Crippen molar-refractivity contribution < 1.29 is 23.9 Å². The summed E-state index contributed by atoms with van der Waals surface area (Å²) >= 11 is 0. The van der Waals surface area contributed by atoms with Gasteiger partial charge in [0.15, 0.2) is 0 Å². The first-order valence-corrected chi connectivity index (χ1v) is 14.6. The van der Waals surface area contributed by atoms with Gasteiger partial charge in [0.25, 0.3) is 5.91 Å². The van der Waals surface area contributed by atoms with Gasteiger partial charge in [-0.1, -0.05) is 42.5 Å². The van der Waals surface area contributed by atoms with Gasteiger partial charge in [0, 0.05) is 45.7 Å². The van der Waals surface area contributed by atoms with Gasteiger partial charge in [-0.15, -0.1) is 0 Å². The Balaban J connectivity index is 1.47. The Bertz CT molecular complexity index is 1390. The molecule has 1 aliphatic heterocycles. The van der Waals surface area contributed by atoms with Gasteiger partial charge in [-0.2, -0.15) is 5.10 Å². The van der Waals surface area contributed by atoms with Crippen molar-refractivity contribution in [2.45, 2.75) is 51.2 Å². The molecule has 0 radical (unpaired) electrons. The van der Waals surface area contributed by atoms with E-state index in [1.807, 2.05) is 42.5 Å². The van der Waals surface area contributed by atoms with Gasteiger partial charge in [0.2, 0.25) is 17.7 Å². The van der Waals surface area contributed by atoms with Gasteiger partial charge in [-0.05, 0) is 43.0 Å². The minimum atomic E-state index is -0.862. The number of hydrogen-bond acceptors (Lipinski definition) is 6. The second-order valence-corrected chi connectivity index (χ2v) is 10.7. The van der Waals surface area contributed by atoms with Crippen LogP contribution in [0.25, 0.3) is 0 Å². The highest BCUT2D eigenvalue weighted by Crippen LogP contribution is 2.15. The summed E-state index contributed by atoms with van der Waals surface area (Å²) in [5, 5.41) is 10.1. The van der Waals surface area contributed by atoms with Crippen molar-refractivity contribution >= 4 is 23.6 Å². The maximum Gasteiger partial charge on any atom is 0.257 e. The van der Waals surface area contributed by atoms with Crippen molar-refractivity contribution in [1.82, 2.24) is 30.2 Å². The van der Waals surface area contributed by atoms with E-state index in [1.165, 1.54) is 4.90 Å². The van der Waals surface area contributed by atoms with E-state index in [1.54, 1.807) is 55.2 Å². The van der Waals surface area contributed by atoms with E-state index >= 15 is 0 Å². The third kappa shape index (κ3) is 8.67. The number of carbonyl (C=O) groups excluding carboxylic acids is 4. The highest BCUT2D eigenvalue weighted by Gasteiger charge is 2.30. The molecule has 3 aromatic rings. The first-order chi connectivity index (χ1) is 20.7. The van der Waals surface area contributed by atoms with E-state index in [0.717, 1.165) is 11.1 Å². The van der Waals surface area contributed by atoms with Crippen LogP contribution in [0.2, 0.25) is 0 Å². The molecule has 1 saturated heterocycles. The van der Waals surface area contributed by atoms with E-state index in [0.29, 0.717) is 50.3 Å². The third-order valence-corrected chi connectivity index (χ3v) is 7.63. The number of likely N-dealkylation sites (N-methyl/N-ethyl adjacent to an activating group) is 1. The zero-order valence-electron chi connectivity index (χ0n) is 25.0. The normalized spacial score (nSPS) is 19.2. The van der Waals surface area contributed by atoms with Crippen molar-refractivity contribution in [3.8, 4) is 5.75 Å². The molecule has 4 rings (SSSR count). The fourth-order valence-corrected chi connectivity index (χ4v) is 4.96. The smallest absolute Gasteiger partial charge is 0.257 e. The first kappa shape index (κ1) is 31.3. The van der Waals surface area contributed by atoms with Crippen molar-refractivity contribution in [1.29, 1.82) is 0 Å². The SMILES string of the molecule is COc1ccc(C[C@@H]2NC(=O)CCCN(C(=O)c3cnn(Cc4ccccc4)c3)CCCNC(=O)[C@H](C)N(C)C2=O)cc1. The largest absolute Gasteiger partial charge is 0.497 e. The molecule has 43 heavy (non-hydrogen) atoms. The van der Waals surface area contributed by atoms with Crippen LogP contribution in [0.1, 0.15) is 47.7 Å². The first-order valence-electron chi connectivity index (χ1n) is 14.6. The van der Waals surface area contributed by atoms with Crippen LogP contribution in [0.4, 0.5) is 0 Å². The Morgan fingerprint density at radius 2 is 1.72 bits per heavy atom. The highest BCUT2D eigenvalue weighted by molar-refractivity contribution is 5.94. The van der Waals surface area contributed by atoms with Crippen LogP contribution in [0.15, 0.2) is 67.0 Å². The lowest BCUT2D eigenvalue weighted by Crippen LogP contribution is -2.54. The van der Waals surface area contributed by atoms with Crippen LogP contribution in [-0.2, 0) is 27.3 Å². The van der Waals surface area contributed by atoms with E-state index in [2.05, 4.69) is 15.7 Å². The van der Waals surface area contributed by atoms with Gasteiger partial charge in [-0.25, -0.2) is 0 Å². The summed E-state index contributed by atoms with van der Waals surface area (Å²) < 4.78 is 6.95. The molecule has 2 atom stereocenters. The molecule has 2 N–H and O–H groups in total. The maximum atomic E-state index is 13.5. The lowest BCUT2D eigenvalue weighted by molar-refractivity contribution is -0.141. The third-order valence-electron chi connectivity index (χ3n) is 7.63. The Hall–Kier alpha value is -4.67. The van der Waals surface area contributed by atoms with Crippen LogP contribution in [0, 0.1) is 0 Å². The lowest BCUT2D eigenvalue weighted by Gasteiger charge is -2.29. The summed E-state index contributed by atoms with van der Waals surface area (Å²) in [4.78, 5) is 55.9. The molecule has 0 bridgehead atoms. The molecular formula is C32H40N6O5. The van der Waals surface area contributed by atoms with E-state index in [4.69, 9.17) is 4.74 Å². The van der Waals surface area contributed by atoms with Gasteiger partial charge in [0.1, 0.15) is 17.8 Å². The average Bonchev–Trinajstić information content (AvgIpc) is 3.49. The molecule has 2 aromatic carbocycles. The summed E-state index contributed by atoms with van der Waals surface area (Å²) in [6.07, 6.45) is 4.61. The number of hydrogen-bond donors (Lipinski definition) is 2. The van der Waals surface area contributed by atoms with Gasteiger partial charge in [-0.3, -0.25) is 23.9 Å². The zero-order chi connectivity index (χ0) is 30.8. The molecule has 11 heteroatoms. The second-order valence-electron chi connectivity index (χ2n) is 10.7. The van der Waals surface area contributed by atoms with Crippen LogP contribution < -0.4 is 15.4 Å². The Morgan fingerprint density at radius 3 is 2.44 bits per heavy atom. The number of nitrogens with one attached hydrogen (secondary N) is 2. The Kier molecular flexibility index (Phi) is 10.9. The van der Waals surface area contributed by atoms with Gasteiger partial charge < -0.3 is 25.2 Å². The molecular weight excluding hydrogens is 548 g/mol. The fourth-order valence-electron chi connectivity index (χ4n) is 4.96. The average molecular weight is 589 g/mol. The zero-order valence-corrected chi connectivity index (χ0v) is 25.0. The van der Waals surface area contributed by atoms with Crippen molar-refractivity contribution in [2.24, 2.45) is 0 Å². The van der Waals surface area contributed by atoms with E-state index < -0.39 is 12.1 Å². The number of rotatable bonds is 6. The summed E-state index contributed by atoms with van der Waals surface area (Å²) in [6.45, 7) is 3.28. The van der Waals surface area contributed by atoms with Crippen molar-refractivity contribution in [3.05, 3.63) is 83.7 Å². The van der Waals surface area contributed by atoms with Crippen LogP contribution in [0.5, 0.6) is 5.75 Å². The maximum absolute atomic E-state index is 13.5. The summed E-state index contributed by atoms with van der Waals surface area (Å²) in [5.74, 6) is -0.455. The molecule has 228 valence electrons. The number of ether oxygens (including phenoxy) is 1. The highest BCUT2D eigenvalue weighted by atomic mass is 16.5. The number of aromatic nitrogens is 2.